The highest BCUT2D eigenvalue weighted by Crippen LogP contribution is 2.33. The normalized spacial score (nSPS) is 18.6. The Kier molecular flexibility index (Phi) is 10.00. The van der Waals surface area contributed by atoms with Gasteiger partial charge in [0.15, 0.2) is 0 Å². The average Bonchev–Trinajstić information content (AvgIpc) is 3.36. The van der Waals surface area contributed by atoms with E-state index in [-0.39, 0.29) is 31.7 Å². The molecule has 2 heterocycles. The number of fused-ring (bicyclic) bond motifs is 3. The summed E-state index contributed by atoms with van der Waals surface area (Å²) in [6.07, 6.45) is 9.00. The molecule has 2 N–H and O–H groups in total. The van der Waals surface area contributed by atoms with Crippen molar-refractivity contribution in [2.75, 3.05) is 37.7 Å². The molecule has 1 fully saturated rings. The lowest BCUT2D eigenvalue weighted by atomic mass is 9.96. The quantitative estimate of drug-likeness (QED) is 0.295. The van der Waals surface area contributed by atoms with Crippen LogP contribution in [0, 0.1) is 17.2 Å². The fraction of sp³-hybridized carbons (Fsp3) is 0.500. The van der Waals surface area contributed by atoms with E-state index in [2.05, 4.69) is 42.4 Å². The number of rotatable bonds is 10. The van der Waals surface area contributed by atoms with Gasteiger partial charge in [-0.3, -0.25) is 14.2 Å². The maximum atomic E-state index is 13.4. The van der Waals surface area contributed by atoms with Gasteiger partial charge in [-0.25, -0.2) is 10.0 Å². The zero-order valence-electron chi connectivity index (χ0n) is 22.3. The first-order valence-electron chi connectivity index (χ1n) is 12.9. The molecule has 206 valence electrons. The lowest BCUT2D eigenvalue weighted by molar-refractivity contribution is -0.124. The Bertz CT molecular complexity index is 1370. The Morgan fingerprint density at radius 1 is 1.21 bits per heavy atom. The van der Waals surface area contributed by atoms with Gasteiger partial charge in [-0.05, 0) is 60.7 Å². The van der Waals surface area contributed by atoms with E-state index in [9.17, 15) is 14.9 Å². The zero-order valence-corrected chi connectivity index (χ0v) is 23.1. The van der Waals surface area contributed by atoms with Gasteiger partial charge >= 0.3 is 0 Å². The Morgan fingerprint density at radius 2 is 1.95 bits per heavy atom. The summed E-state index contributed by atoms with van der Waals surface area (Å²) in [7, 11) is -0.693. The molecule has 0 saturated carbocycles. The summed E-state index contributed by atoms with van der Waals surface area (Å²) < 4.78 is 7.66. The Hall–Kier alpha value is -2.86. The number of hydrogen-bond donors (Lipinski definition) is 2. The van der Waals surface area contributed by atoms with Crippen molar-refractivity contribution in [3.63, 3.8) is 0 Å². The van der Waals surface area contributed by atoms with Crippen LogP contribution in [-0.4, -0.2) is 60.2 Å². The van der Waals surface area contributed by atoms with Crippen molar-refractivity contribution in [2.45, 2.75) is 52.4 Å². The molecule has 0 bridgehead atoms. The molecule has 0 aliphatic carbocycles. The van der Waals surface area contributed by atoms with Crippen LogP contribution in [-0.2, 0) is 22.7 Å². The first kappa shape index (κ1) is 29.7. The predicted molar refractivity (Wildman–Crippen MR) is 160 cm³/mol. The summed E-state index contributed by atoms with van der Waals surface area (Å²) in [5.74, 6) is 1.15. The van der Waals surface area contributed by atoms with E-state index < -0.39 is 16.1 Å². The summed E-state index contributed by atoms with van der Waals surface area (Å²) in [5, 5.41) is 18.5. The van der Waals surface area contributed by atoms with Crippen molar-refractivity contribution in [1.29, 1.82) is 5.26 Å². The van der Waals surface area contributed by atoms with E-state index in [4.69, 9.17) is 4.74 Å². The van der Waals surface area contributed by atoms with Gasteiger partial charge in [0.05, 0.1) is 24.2 Å². The highest BCUT2D eigenvalue weighted by molar-refractivity contribution is 8.32. The molecular weight excluding hydrogens is 496 g/mol. The van der Waals surface area contributed by atoms with Crippen molar-refractivity contribution in [3.8, 4) is 6.07 Å². The van der Waals surface area contributed by atoms with Crippen molar-refractivity contribution in [1.82, 2.24) is 15.2 Å². The molecule has 3 unspecified atom stereocenters. The summed E-state index contributed by atoms with van der Waals surface area (Å²) in [5.41, 5.74) is 1.57. The number of aromatic nitrogens is 1. The first-order valence-corrected chi connectivity index (χ1v) is 16.0. The third kappa shape index (κ3) is 6.76. The van der Waals surface area contributed by atoms with Gasteiger partial charge in [0.25, 0.3) is 5.56 Å². The topological polar surface area (TPSA) is 96.2 Å². The van der Waals surface area contributed by atoms with Gasteiger partial charge in [0.1, 0.15) is 12.8 Å². The molecule has 2 aromatic carbocycles. The van der Waals surface area contributed by atoms with Gasteiger partial charge in [-0.2, -0.15) is 5.26 Å². The van der Waals surface area contributed by atoms with Crippen LogP contribution >= 0.6 is 10.0 Å². The smallest absolute Gasteiger partial charge is 0.260 e. The predicted octanol–water partition coefficient (Wildman–Crippen LogP) is 4.40. The van der Waals surface area contributed by atoms with Gasteiger partial charge in [0, 0.05) is 22.9 Å². The van der Waals surface area contributed by atoms with Crippen molar-refractivity contribution in [2.24, 2.45) is 5.92 Å². The van der Waals surface area contributed by atoms with Crippen LogP contribution in [0.4, 0.5) is 0 Å². The molecule has 3 aromatic rings. The molecule has 3 atom stereocenters. The van der Waals surface area contributed by atoms with E-state index in [0.717, 1.165) is 47.0 Å². The highest BCUT2D eigenvalue weighted by atomic mass is 32.3. The molecule has 1 aromatic heterocycles. The van der Waals surface area contributed by atoms with Gasteiger partial charge in [0.2, 0.25) is 5.91 Å². The number of hydrogen-bond acceptors (Lipinski definition) is 5. The largest absolute Gasteiger partial charge is 0.360 e. The Morgan fingerprint density at radius 3 is 2.63 bits per heavy atom. The molecule has 1 aliphatic heterocycles. The van der Waals surface area contributed by atoms with Gasteiger partial charge in [-0.15, -0.1) is 0 Å². The van der Waals surface area contributed by atoms with Crippen molar-refractivity contribution in [3.05, 3.63) is 58.4 Å². The number of nitrogens with zero attached hydrogens (tertiary/aromatic N) is 2. The molecule has 1 saturated heterocycles. The van der Waals surface area contributed by atoms with Crippen molar-refractivity contribution < 1.29 is 9.53 Å². The van der Waals surface area contributed by atoms with E-state index in [1.165, 1.54) is 0 Å². The highest BCUT2D eigenvalue weighted by Gasteiger charge is 2.32. The third-order valence-electron chi connectivity index (χ3n) is 7.18. The number of nitrogens with one attached hydrogen (secondary N) is 2. The fourth-order valence-electron chi connectivity index (χ4n) is 5.04. The molecule has 7 nitrogen and oxygen atoms in total. The summed E-state index contributed by atoms with van der Waals surface area (Å²) in [6.45, 7) is 3.67. The standard InChI is InChI=1S/C29H38N4O3S.CH4/c1-5-21-12-13-31-27(21)28(34)32-22(18-30)16-20-10-11-24-23-8-6-7-9-25(23)29(35)33(26(24)17-20)19-36-14-15-37(2,3)4;/h6-11,17,21-22,27,31H,5,12-16,19H2,1-4H3,(H,32,34);1H4. The molecule has 4 rings (SSSR count). The van der Waals surface area contributed by atoms with E-state index in [1.54, 1.807) is 4.57 Å². The monoisotopic (exact) mass is 538 g/mol. The second kappa shape index (κ2) is 12.8. The van der Waals surface area contributed by atoms with Crippen LogP contribution in [0.3, 0.4) is 0 Å². The van der Waals surface area contributed by atoms with Crippen molar-refractivity contribution >= 4 is 37.6 Å². The summed E-state index contributed by atoms with van der Waals surface area (Å²) in [6, 6.07) is 14.9. The van der Waals surface area contributed by atoms with Gasteiger partial charge in [-0.1, -0.05) is 51.1 Å². The second-order valence-corrected chi connectivity index (χ2v) is 15.3. The lowest BCUT2D eigenvalue weighted by Gasteiger charge is -2.24. The maximum Gasteiger partial charge on any atom is 0.260 e. The molecule has 1 amide bonds. The van der Waals surface area contributed by atoms with Crippen LogP contribution in [0.1, 0.15) is 32.8 Å². The van der Waals surface area contributed by atoms with Crippen LogP contribution in [0.15, 0.2) is 47.3 Å². The van der Waals surface area contributed by atoms with Gasteiger partial charge < -0.3 is 15.4 Å². The number of carbonyl (C=O) groups is 1. The van der Waals surface area contributed by atoms with E-state index >= 15 is 0 Å². The first-order chi connectivity index (χ1) is 17.7. The molecule has 1 aliphatic rings. The Balaban J connectivity index is 0.00000400. The maximum absolute atomic E-state index is 13.4. The van der Waals surface area contributed by atoms with Crippen LogP contribution in [0.2, 0.25) is 0 Å². The number of ether oxygens (including phenoxy) is 1. The SMILES string of the molecule is C.CCC1CCNC1C(=O)NC(C#N)Cc1ccc2c3ccccc3c(=O)n(COCCS(C)(C)C)c2c1. The van der Waals surface area contributed by atoms with E-state index in [0.29, 0.717) is 24.3 Å². The minimum Gasteiger partial charge on any atom is -0.360 e. The molecule has 8 heteroatoms. The number of benzene rings is 2. The number of amides is 1. The van der Waals surface area contributed by atoms with Crippen LogP contribution in [0.5, 0.6) is 0 Å². The number of nitriles is 1. The molecule has 0 radical (unpaired) electrons. The molecule has 38 heavy (non-hydrogen) atoms. The second-order valence-electron chi connectivity index (χ2n) is 10.7. The number of carbonyl (C=O) groups excluding carboxylic acids is 1. The fourth-order valence-corrected chi connectivity index (χ4v) is 5.66. The molecular formula is C30H42N4O3S. The van der Waals surface area contributed by atoms with E-state index in [1.807, 2.05) is 42.5 Å². The summed E-state index contributed by atoms with van der Waals surface area (Å²) >= 11 is 0. The number of pyridine rings is 1. The average molecular weight is 539 g/mol. The van der Waals surface area contributed by atoms with Crippen LogP contribution in [0.25, 0.3) is 21.7 Å². The van der Waals surface area contributed by atoms with Crippen LogP contribution < -0.4 is 16.2 Å². The Labute approximate surface area is 227 Å². The zero-order chi connectivity index (χ0) is 26.6. The summed E-state index contributed by atoms with van der Waals surface area (Å²) in [4.78, 5) is 26.3. The minimum atomic E-state index is -0.693. The minimum absolute atomic E-state index is 0. The molecule has 0 spiro atoms. The third-order valence-corrected chi connectivity index (χ3v) is 8.57. The lowest BCUT2D eigenvalue weighted by Crippen LogP contribution is -2.47.